The van der Waals surface area contributed by atoms with Crippen LogP contribution in [-0.4, -0.2) is 6.61 Å². The molecule has 0 bridgehead atoms. The fourth-order valence-electron chi connectivity index (χ4n) is 5.51. The quantitative estimate of drug-likeness (QED) is 0.0914. The van der Waals surface area contributed by atoms with Gasteiger partial charge in [-0.2, -0.15) is 0 Å². The summed E-state index contributed by atoms with van der Waals surface area (Å²) in [6, 6.07) is 25.3. The Morgan fingerprint density at radius 1 is 0.429 bits per heavy atom. The zero-order valence-corrected chi connectivity index (χ0v) is 29.1. The van der Waals surface area contributed by atoms with Crippen molar-refractivity contribution in [3.8, 4) is 5.75 Å². The van der Waals surface area contributed by atoms with Crippen molar-refractivity contribution in [3.63, 3.8) is 0 Å². The van der Waals surface area contributed by atoms with Crippen LogP contribution < -0.4 is 9.64 Å². The van der Waals surface area contributed by atoms with E-state index in [2.05, 4.69) is 116 Å². The van der Waals surface area contributed by atoms with Gasteiger partial charge in [-0.05, 0) is 79.2 Å². The first kappa shape index (κ1) is 34.7. The molecule has 2 nitrogen and oxygen atoms in total. The number of ether oxygens (including phenoxy) is 1. The molecule has 3 aromatic carbocycles. The molecule has 230 valence electrons. The first-order chi connectivity index (χ1) is 20.7. The molecule has 42 heavy (non-hydrogen) atoms. The summed E-state index contributed by atoms with van der Waals surface area (Å²) in [7, 11) is 0. The summed E-state index contributed by atoms with van der Waals surface area (Å²) in [5.41, 5.74) is 3.35. The van der Waals surface area contributed by atoms with Gasteiger partial charge in [0.2, 0.25) is 0 Å². The van der Waals surface area contributed by atoms with Gasteiger partial charge in [-0.25, -0.2) is 0 Å². The van der Waals surface area contributed by atoms with Crippen molar-refractivity contribution in [1.82, 2.24) is 0 Å². The number of unbranched alkanes of at least 4 members (excludes halogenated alkanes) is 17. The fraction of sp³-hybridized carbons (Fsp3) is 0.526. The number of hydrogen-bond donors (Lipinski definition) is 0. The van der Waals surface area contributed by atoms with Crippen LogP contribution in [0.15, 0.2) is 81.7 Å². The maximum absolute atomic E-state index is 6.08. The molecule has 0 saturated carbocycles. The monoisotopic (exact) mass is 697 g/mol. The van der Waals surface area contributed by atoms with Gasteiger partial charge in [-0.15, -0.1) is 0 Å². The lowest BCUT2D eigenvalue weighted by molar-refractivity contribution is 0.304. The average Bonchev–Trinajstić information content (AvgIpc) is 3.01. The summed E-state index contributed by atoms with van der Waals surface area (Å²) in [4.78, 5) is 2.26. The molecule has 0 radical (unpaired) electrons. The smallest absolute Gasteiger partial charge is 0.119 e. The minimum atomic E-state index is 0.793. The fourth-order valence-corrected chi connectivity index (χ4v) is 6.04. The van der Waals surface area contributed by atoms with E-state index in [1.165, 1.54) is 109 Å². The highest BCUT2D eigenvalue weighted by Gasteiger charge is 2.12. The van der Waals surface area contributed by atoms with Crippen LogP contribution in [0.25, 0.3) is 0 Å². The Balaban J connectivity index is 1.23. The molecule has 0 saturated heterocycles. The minimum absolute atomic E-state index is 0.793. The van der Waals surface area contributed by atoms with Crippen LogP contribution in [0.3, 0.4) is 0 Å². The van der Waals surface area contributed by atoms with Crippen molar-refractivity contribution >= 4 is 48.9 Å². The maximum atomic E-state index is 6.08. The summed E-state index contributed by atoms with van der Waals surface area (Å²) in [5.74, 6) is 0.942. The molecule has 4 heteroatoms. The van der Waals surface area contributed by atoms with E-state index in [0.717, 1.165) is 44.8 Å². The molecule has 0 spiro atoms. The molecule has 0 heterocycles. The molecule has 0 aliphatic rings. The zero-order valence-electron chi connectivity index (χ0n) is 26.0. The molecule has 0 aliphatic heterocycles. The lowest BCUT2D eigenvalue weighted by atomic mass is 10.0. The second-order valence-corrected chi connectivity index (χ2v) is 13.5. The molecular weight excluding hydrogens is 646 g/mol. The number of halogens is 2. The number of nitrogens with zero attached hydrogens (tertiary/aromatic N) is 1. The molecule has 3 rings (SSSR count). The molecule has 0 aliphatic carbocycles. The van der Waals surface area contributed by atoms with Crippen LogP contribution in [0.5, 0.6) is 5.75 Å². The summed E-state index contributed by atoms with van der Waals surface area (Å²) in [5, 5.41) is 0. The predicted molar refractivity (Wildman–Crippen MR) is 191 cm³/mol. The number of rotatable bonds is 23. The van der Waals surface area contributed by atoms with Crippen molar-refractivity contribution in [1.29, 1.82) is 0 Å². The minimum Gasteiger partial charge on any atom is -0.494 e. The summed E-state index contributed by atoms with van der Waals surface area (Å²) in [6.45, 7) is 3.09. The van der Waals surface area contributed by atoms with Crippen LogP contribution in [0.4, 0.5) is 17.1 Å². The number of benzene rings is 3. The van der Waals surface area contributed by atoms with Crippen molar-refractivity contribution in [2.45, 2.75) is 122 Å². The summed E-state index contributed by atoms with van der Waals surface area (Å²) < 4.78 is 8.23. The lowest BCUT2D eigenvalue weighted by Gasteiger charge is -2.25. The van der Waals surface area contributed by atoms with E-state index >= 15 is 0 Å². The average molecular weight is 700 g/mol. The first-order valence-electron chi connectivity index (χ1n) is 16.7. The molecule has 0 atom stereocenters. The lowest BCUT2D eigenvalue weighted by Crippen LogP contribution is -2.09. The van der Waals surface area contributed by atoms with E-state index in [-0.39, 0.29) is 0 Å². The van der Waals surface area contributed by atoms with Gasteiger partial charge < -0.3 is 9.64 Å². The molecule has 0 aromatic heterocycles. The van der Waals surface area contributed by atoms with Crippen LogP contribution in [0, 0.1) is 0 Å². The van der Waals surface area contributed by atoms with Crippen molar-refractivity contribution < 1.29 is 4.74 Å². The molecule has 0 amide bonds. The van der Waals surface area contributed by atoms with Crippen LogP contribution >= 0.6 is 31.9 Å². The number of anilines is 3. The zero-order chi connectivity index (χ0) is 29.7. The molecule has 3 aromatic rings. The highest BCUT2D eigenvalue weighted by atomic mass is 79.9. The largest absolute Gasteiger partial charge is 0.494 e. The topological polar surface area (TPSA) is 12.5 Å². The second kappa shape index (κ2) is 21.8. The van der Waals surface area contributed by atoms with Gasteiger partial charge in [-0.1, -0.05) is 148 Å². The molecular formula is C38H53Br2NO. The van der Waals surface area contributed by atoms with Gasteiger partial charge >= 0.3 is 0 Å². The van der Waals surface area contributed by atoms with Crippen LogP contribution in [-0.2, 0) is 0 Å². The highest BCUT2D eigenvalue weighted by Crippen LogP contribution is 2.36. The summed E-state index contributed by atoms with van der Waals surface area (Å²) >= 11 is 7.11. The third kappa shape index (κ3) is 14.1. The van der Waals surface area contributed by atoms with Gasteiger partial charge in [-0.3, -0.25) is 0 Å². The van der Waals surface area contributed by atoms with E-state index < -0.39 is 0 Å². The normalized spacial score (nSPS) is 11.1. The Morgan fingerprint density at radius 3 is 1.10 bits per heavy atom. The van der Waals surface area contributed by atoms with Gasteiger partial charge in [0.1, 0.15) is 5.75 Å². The van der Waals surface area contributed by atoms with E-state index in [1.54, 1.807) is 0 Å². The molecule has 0 unspecified atom stereocenters. The van der Waals surface area contributed by atoms with Gasteiger partial charge in [0.25, 0.3) is 0 Å². The van der Waals surface area contributed by atoms with E-state index in [0.29, 0.717) is 0 Å². The van der Waals surface area contributed by atoms with Gasteiger partial charge in [0, 0.05) is 26.0 Å². The maximum Gasteiger partial charge on any atom is 0.119 e. The van der Waals surface area contributed by atoms with E-state index in [9.17, 15) is 0 Å². The Kier molecular flexibility index (Phi) is 18.0. The highest BCUT2D eigenvalue weighted by molar-refractivity contribution is 9.10. The Morgan fingerprint density at radius 2 is 0.738 bits per heavy atom. The van der Waals surface area contributed by atoms with E-state index in [4.69, 9.17) is 4.74 Å². The third-order valence-corrected chi connectivity index (χ3v) is 9.09. The van der Waals surface area contributed by atoms with Crippen molar-refractivity contribution in [2.75, 3.05) is 11.5 Å². The SMILES string of the molecule is CCCCCCCCCCCCCCCCCCCCOc1ccc(N(c2ccc(Br)cc2)c2ccc(Br)cc2)cc1. The van der Waals surface area contributed by atoms with Gasteiger partial charge in [0.15, 0.2) is 0 Å². The molecule has 0 fully saturated rings. The van der Waals surface area contributed by atoms with E-state index in [1.807, 2.05) is 0 Å². The second-order valence-electron chi connectivity index (χ2n) is 11.6. The van der Waals surface area contributed by atoms with Crippen LogP contribution in [0.2, 0.25) is 0 Å². The Bertz CT molecular complexity index is 1020. The van der Waals surface area contributed by atoms with Crippen molar-refractivity contribution in [2.24, 2.45) is 0 Å². The molecule has 0 N–H and O–H groups in total. The van der Waals surface area contributed by atoms with Gasteiger partial charge in [0.05, 0.1) is 6.61 Å². The Hall–Kier alpha value is -1.78. The number of hydrogen-bond acceptors (Lipinski definition) is 2. The van der Waals surface area contributed by atoms with Crippen molar-refractivity contribution in [3.05, 3.63) is 81.7 Å². The third-order valence-electron chi connectivity index (χ3n) is 8.03. The first-order valence-corrected chi connectivity index (χ1v) is 18.3. The standard InChI is InChI=1S/C38H53Br2NO/c1-2-3-4-5-6-7-8-9-10-11-12-13-14-15-16-17-18-19-32-42-38-30-28-37(29-31-38)41(35-24-20-33(39)21-25-35)36-26-22-34(40)23-27-36/h20-31H,2-19,32H2,1H3. The van der Waals surface area contributed by atoms with Crippen LogP contribution in [0.1, 0.15) is 122 Å². The summed E-state index contributed by atoms with van der Waals surface area (Å²) in [6.07, 6.45) is 25.2. The predicted octanol–water partition coefficient (Wildman–Crippen LogP) is 14.1. The Labute approximate surface area is 273 Å².